The maximum absolute atomic E-state index is 13.2. The van der Waals surface area contributed by atoms with E-state index in [0.717, 1.165) is 30.3 Å². The molecule has 1 saturated carbocycles. The second-order valence-corrected chi connectivity index (χ2v) is 6.18. The number of imidazole rings is 1. The second-order valence-electron chi connectivity index (χ2n) is 6.18. The zero-order chi connectivity index (χ0) is 14.1. The fraction of sp³-hybridized carbons (Fsp3) is 0.562. The van der Waals surface area contributed by atoms with E-state index >= 15 is 0 Å². The molecule has 1 aliphatic rings. The first-order valence-electron chi connectivity index (χ1n) is 7.54. The van der Waals surface area contributed by atoms with Crippen molar-refractivity contribution >= 4 is 17.0 Å². The third-order valence-electron chi connectivity index (χ3n) is 4.55. The van der Waals surface area contributed by atoms with Gasteiger partial charge in [0.05, 0.1) is 11.0 Å². The molecular weight excluding hydrogens is 253 g/mol. The Labute approximate surface area is 119 Å². The van der Waals surface area contributed by atoms with E-state index in [0.29, 0.717) is 11.5 Å². The Hall–Kier alpha value is -1.58. The fourth-order valence-electron chi connectivity index (χ4n) is 3.49. The molecule has 3 rings (SSSR count). The van der Waals surface area contributed by atoms with Gasteiger partial charge in [-0.15, -0.1) is 0 Å². The summed E-state index contributed by atoms with van der Waals surface area (Å²) in [6, 6.07) is 4.70. The lowest BCUT2D eigenvalue weighted by atomic mass is 9.81. The minimum atomic E-state index is -0.261. The van der Waals surface area contributed by atoms with Crippen LogP contribution in [0.25, 0.3) is 11.0 Å². The highest BCUT2D eigenvalue weighted by Crippen LogP contribution is 2.31. The van der Waals surface area contributed by atoms with Crippen molar-refractivity contribution in [3.63, 3.8) is 0 Å². The molecule has 2 unspecified atom stereocenters. The summed E-state index contributed by atoms with van der Waals surface area (Å²) in [5.41, 5.74) is 7.57. The summed E-state index contributed by atoms with van der Waals surface area (Å²) >= 11 is 0. The van der Waals surface area contributed by atoms with Crippen LogP contribution in [0.4, 0.5) is 10.3 Å². The number of nitrogens with zero attached hydrogens (tertiary/aromatic N) is 2. The molecule has 1 aromatic heterocycles. The van der Waals surface area contributed by atoms with Gasteiger partial charge in [-0.25, -0.2) is 9.37 Å². The number of nitrogens with two attached hydrogens (primary N) is 1. The van der Waals surface area contributed by atoms with Gasteiger partial charge in [-0.05, 0) is 36.8 Å². The molecule has 20 heavy (non-hydrogen) atoms. The Bertz CT molecular complexity index is 605. The molecule has 1 aliphatic carbocycles. The number of fused-ring (bicyclic) bond motifs is 1. The molecular formula is C16H22FN3. The van der Waals surface area contributed by atoms with Crippen LogP contribution >= 0.6 is 0 Å². The Morgan fingerprint density at radius 3 is 3.05 bits per heavy atom. The molecule has 2 N–H and O–H groups in total. The number of halogens is 1. The van der Waals surface area contributed by atoms with Gasteiger partial charge in [-0.3, -0.25) is 0 Å². The van der Waals surface area contributed by atoms with Crippen molar-refractivity contribution < 1.29 is 4.39 Å². The number of nitrogen functional groups attached to an aromatic ring is 1. The van der Waals surface area contributed by atoms with Crippen molar-refractivity contribution in [2.75, 3.05) is 5.73 Å². The molecule has 4 heteroatoms. The zero-order valence-electron chi connectivity index (χ0n) is 12.0. The minimum Gasteiger partial charge on any atom is -0.369 e. The molecule has 0 amide bonds. The zero-order valence-corrected chi connectivity index (χ0v) is 12.0. The van der Waals surface area contributed by atoms with Gasteiger partial charge < -0.3 is 10.3 Å². The largest absolute Gasteiger partial charge is 0.369 e. The average Bonchev–Trinajstić information content (AvgIpc) is 2.71. The Morgan fingerprint density at radius 2 is 2.25 bits per heavy atom. The molecule has 3 nitrogen and oxygen atoms in total. The highest BCUT2D eigenvalue weighted by Gasteiger charge is 2.19. The predicted molar refractivity (Wildman–Crippen MR) is 79.8 cm³/mol. The summed E-state index contributed by atoms with van der Waals surface area (Å²) in [7, 11) is 0. The van der Waals surface area contributed by atoms with E-state index in [1.54, 1.807) is 6.07 Å². The molecule has 2 aromatic rings. The third-order valence-corrected chi connectivity index (χ3v) is 4.55. The van der Waals surface area contributed by atoms with Crippen LogP contribution in [-0.2, 0) is 6.54 Å². The van der Waals surface area contributed by atoms with Gasteiger partial charge >= 0.3 is 0 Å². The van der Waals surface area contributed by atoms with E-state index in [1.165, 1.54) is 37.8 Å². The molecule has 2 atom stereocenters. The first-order valence-corrected chi connectivity index (χ1v) is 7.54. The molecule has 108 valence electrons. The van der Waals surface area contributed by atoms with Crippen molar-refractivity contribution in [3.8, 4) is 0 Å². The predicted octanol–water partition coefficient (Wildman–Crippen LogP) is 3.97. The van der Waals surface area contributed by atoms with Crippen LogP contribution in [-0.4, -0.2) is 9.55 Å². The Kier molecular flexibility index (Phi) is 3.64. The normalized spacial score (nSPS) is 23.3. The third kappa shape index (κ3) is 2.65. The van der Waals surface area contributed by atoms with Crippen LogP contribution in [0.2, 0.25) is 0 Å². The Balaban J connectivity index is 1.75. The van der Waals surface area contributed by atoms with E-state index in [-0.39, 0.29) is 5.82 Å². The van der Waals surface area contributed by atoms with Crippen molar-refractivity contribution in [3.05, 3.63) is 24.0 Å². The van der Waals surface area contributed by atoms with Crippen LogP contribution < -0.4 is 5.73 Å². The number of aromatic nitrogens is 2. The standard InChI is InChI=1S/C16H22FN3/c1-11-3-2-4-12(9-11)7-8-20-15-6-5-13(17)10-14(15)19-16(20)18/h5-6,10-12H,2-4,7-9H2,1H3,(H2,18,19). The number of hydrogen-bond acceptors (Lipinski definition) is 2. The van der Waals surface area contributed by atoms with Crippen LogP contribution in [0, 0.1) is 17.7 Å². The van der Waals surface area contributed by atoms with Crippen molar-refractivity contribution in [1.29, 1.82) is 0 Å². The summed E-state index contributed by atoms with van der Waals surface area (Å²) in [5.74, 6) is 1.87. The first-order chi connectivity index (χ1) is 9.63. The summed E-state index contributed by atoms with van der Waals surface area (Å²) in [6.07, 6.45) is 6.49. The number of hydrogen-bond donors (Lipinski definition) is 1. The van der Waals surface area contributed by atoms with E-state index in [4.69, 9.17) is 5.73 Å². The average molecular weight is 275 g/mol. The highest BCUT2D eigenvalue weighted by atomic mass is 19.1. The lowest BCUT2D eigenvalue weighted by Gasteiger charge is -2.26. The van der Waals surface area contributed by atoms with Gasteiger partial charge in [0.2, 0.25) is 5.95 Å². The molecule has 0 saturated heterocycles. The van der Waals surface area contributed by atoms with Crippen molar-refractivity contribution in [1.82, 2.24) is 9.55 Å². The lowest BCUT2D eigenvalue weighted by molar-refractivity contribution is 0.262. The van der Waals surface area contributed by atoms with Gasteiger partial charge in [0.1, 0.15) is 5.82 Å². The van der Waals surface area contributed by atoms with Crippen LogP contribution in [0.3, 0.4) is 0 Å². The molecule has 0 spiro atoms. The molecule has 0 aliphatic heterocycles. The number of anilines is 1. The van der Waals surface area contributed by atoms with Crippen molar-refractivity contribution in [2.45, 2.75) is 45.6 Å². The maximum Gasteiger partial charge on any atom is 0.201 e. The molecule has 1 heterocycles. The number of benzene rings is 1. The van der Waals surface area contributed by atoms with Crippen LogP contribution in [0.5, 0.6) is 0 Å². The lowest BCUT2D eigenvalue weighted by Crippen LogP contribution is -2.15. The molecule has 0 bridgehead atoms. The van der Waals surface area contributed by atoms with Gasteiger partial charge in [0.15, 0.2) is 0 Å². The molecule has 0 radical (unpaired) electrons. The quantitative estimate of drug-likeness (QED) is 0.921. The maximum atomic E-state index is 13.2. The van der Waals surface area contributed by atoms with E-state index < -0.39 is 0 Å². The van der Waals surface area contributed by atoms with Gasteiger partial charge in [0, 0.05) is 12.6 Å². The SMILES string of the molecule is CC1CCCC(CCn2c(N)nc3cc(F)ccc32)C1. The smallest absolute Gasteiger partial charge is 0.201 e. The van der Waals surface area contributed by atoms with Gasteiger partial charge in [-0.1, -0.05) is 26.2 Å². The fourth-order valence-corrected chi connectivity index (χ4v) is 3.49. The number of rotatable bonds is 3. The summed E-state index contributed by atoms with van der Waals surface area (Å²) < 4.78 is 15.2. The summed E-state index contributed by atoms with van der Waals surface area (Å²) in [4.78, 5) is 4.25. The summed E-state index contributed by atoms with van der Waals surface area (Å²) in [5, 5.41) is 0. The van der Waals surface area contributed by atoms with Crippen molar-refractivity contribution in [2.24, 2.45) is 11.8 Å². The van der Waals surface area contributed by atoms with Gasteiger partial charge in [0.25, 0.3) is 0 Å². The van der Waals surface area contributed by atoms with E-state index in [2.05, 4.69) is 11.9 Å². The minimum absolute atomic E-state index is 0.261. The summed E-state index contributed by atoms with van der Waals surface area (Å²) in [6.45, 7) is 3.22. The van der Waals surface area contributed by atoms with E-state index in [1.807, 2.05) is 4.57 Å². The number of aryl methyl sites for hydroxylation is 1. The topological polar surface area (TPSA) is 43.8 Å². The molecule has 1 fully saturated rings. The Morgan fingerprint density at radius 1 is 1.40 bits per heavy atom. The second kappa shape index (κ2) is 5.43. The van der Waals surface area contributed by atoms with E-state index in [9.17, 15) is 4.39 Å². The monoisotopic (exact) mass is 275 g/mol. The van der Waals surface area contributed by atoms with Gasteiger partial charge in [-0.2, -0.15) is 0 Å². The van der Waals surface area contributed by atoms with Crippen LogP contribution in [0.1, 0.15) is 39.0 Å². The van der Waals surface area contributed by atoms with Crippen LogP contribution in [0.15, 0.2) is 18.2 Å². The highest BCUT2D eigenvalue weighted by molar-refractivity contribution is 5.78. The first kappa shape index (κ1) is 13.4. The molecule has 1 aromatic carbocycles.